The molecule has 3 amide bonds. The molecule has 1 heterocycles. The predicted molar refractivity (Wildman–Crippen MR) is 106 cm³/mol. The molecule has 10 heteroatoms. The summed E-state index contributed by atoms with van der Waals surface area (Å²) in [6.45, 7) is 7.88. The van der Waals surface area contributed by atoms with E-state index in [2.05, 4.69) is 10.6 Å². The van der Waals surface area contributed by atoms with E-state index >= 15 is 0 Å². The van der Waals surface area contributed by atoms with Gasteiger partial charge in [-0.15, -0.1) is 0 Å². The Labute approximate surface area is 164 Å². The van der Waals surface area contributed by atoms with E-state index in [1.807, 2.05) is 50.6 Å². The molecule has 4 N–H and O–H groups in total. The van der Waals surface area contributed by atoms with Gasteiger partial charge in [-0.3, -0.25) is 4.79 Å². The lowest BCUT2D eigenvalue weighted by Gasteiger charge is -2.28. The fourth-order valence-electron chi connectivity index (χ4n) is 2.81. The minimum absolute atomic E-state index is 0.104. The summed E-state index contributed by atoms with van der Waals surface area (Å²) < 4.78 is 26.8. The van der Waals surface area contributed by atoms with Crippen molar-refractivity contribution in [3.05, 3.63) is 40.4 Å². The van der Waals surface area contributed by atoms with Crippen LogP contribution >= 0.6 is 0 Å². The molecule has 1 aliphatic heterocycles. The molecule has 1 aromatic carbocycles. The molecule has 0 fully saturated rings. The topological polar surface area (TPSA) is 128 Å². The lowest BCUT2D eigenvalue weighted by atomic mass is 9.93. The van der Waals surface area contributed by atoms with Crippen LogP contribution in [0.25, 0.3) is 0 Å². The van der Waals surface area contributed by atoms with Crippen molar-refractivity contribution in [2.45, 2.75) is 45.9 Å². The summed E-state index contributed by atoms with van der Waals surface area (Å²) in [6, 6.07) is 4.66. The number of amides is 3. The molecule has 0 saturated carbocycles. The molecule has 28 heavy (non-hydrogen) atoms. The first-order chi connectivity index (χ1) is 12.9. The average molecular weight is 410 g/mol. The lowest BCUT2D eigenvalue weighted by molar-refractivity contribution is -0.124. The van der Waals surface area contributed by atoms with Crippen LogP contribution in [-0.4, -0.2) is 43.8 Å². The predicted octanol–water partition coefficient (Wildman–Crippen LogP) is 1.56. The summed E-state index contributed by atoms with van der Waals surface area (Å²) in [7, 11) is -3.06. The van der Waals surface area contributed by atoms with E-state index in [1.165, 1.54) is 7.05 Å². The average Bonchev–Trinajstić information content (AvgIpc) is 2.57. The van der Waals surface area contributed by atoms with E-state index in [-0.39, 0.29) is 11.8 Å². The van der Waals surface area contributed by atoms with Crippen molar-refractivity contribution in [1.82, 2.24) is 14.9 Å². The van der Waals surface area contributed by atoms with Crippen LogP contribution in [0.5, 0.6) is 0 Å². The number of anilines is 1. The SMILES string of the molecule is CC(C)c1cccc(C(C)C)c1NC(=O)NS(=O)(=O)C1=CN(C)C(O)NC1=O. The van der Waals surface area contributed by atoms with E-state index in [0.717, 1.165) is 22.2 Å². The van der Waals surface area contributed by atoms with Gasteiger partial charge in [0, 0.05) is 18.9 Å². The van der Waals surface area contributed by atoms with E-state index in [4.69, 9.17) is 0 Å². The highest BCUT2D eigenvalue weighted by Gasteiger charge is 2.33. The summed E-state index contributed by atoms with van der Waals surface area (Å²) in [5.74, 6) is -0.795. The summed E-state index contributed by atoms with van der Waals surface area (Å²) in [5, 5.41) is 14.2. The standard InChI is InChI=1S/C18H26N4O5S/c1-10(2)12-7-6-8-13(11(3)4)15(12)19-17(24)21-28(26,27)14-9-22(5)18(25)20-16(14)23/h6-11,18,25H,1-5H3,(H,20,23)(H2,19,21,24). The Morgan fingerprint density at radius 3 is 2.21 bits per heavy atom. The molecule has 1 atom stereocenters. The zero-order chi connectivity index (χ0) is 21.2. The van der Waals surface area contributed by atoms with Gasteiger partial charge in [-0.25, -0.2) is 17.9 Å². The Morgan fingerprint density at radius 2 is 1.71 bits per heavy atom. The third-order valence-corrected chi connectivity index (χ3v) is 5.64. The summed E-state index contributed by atoms with van der Waals surface area (Å²) in [6.07, 6.45) is -0.382. The number of urea groups is 1. The number of carbonyl (C=O) groups is 2. The van der Waals surface area contributed by atoms with Crippen molar-refractivity contribution in [3.63, 3.8) is 0 Å². The van der Waals surface area contributed by atoms with Gasteiger partial charge in [-0.2, -0.15) is 0 Å². The van der Waals surface area contributed by atoms with Gasteiger partial charge in [0.05, 0.1) is 0 Å². The number of rotatable bonds is 5. The second kappa shape index (κ2) is 8.19. The number of nitrogens with one attached hydrogen (secondary N) is 3. The quantitative estimate of drug-likeness (QED) is 0.583. The second-order valence-electron chi connectivity index (χ2n) is 7.19. The van der Waals surface area contributed by atoms with Gasteiger partial charge in [0.15, 0.2) is 4.91 Å². The van der Waals surface area contributed by atoms with Crippen LogP contribution in [0, 0.1) is 0 Å². The molecule has 0 spiro atoms. The third-order valence-electron chi connectivity index (χ3n) is 4.32. The van der Waals surface area contributed by atoms with Gasteiger partial charge in [0.2, 0.25) is 6.35 Å². The van der Waals surface area contributed by atoms with Gasteiger partial charge >= 0.3 is 6.03 Å². The Kier molecular flexibility index (Phi) is 6.35. The molecule has 0 aliphatic carbocycles. The first-order valence-corrected chi connectivity index (χ1v) is 10.3. The number of benzene rings is 1. The first kappa shape index (κ1) is 21.7. The maximum atomic E-state index is 12.5. The van der Waals surface area contributed by atoms with E-state index < -0.39 is 33.2 Å². The maximum Gasteiger partial charge on any atom is 0.333 e. The number of aliphatic hydroxyl groups excluding tert-OH is 1. The molecule has 0 radical (unpaired) electrons. The van der Waals surface area contributed by atoms with Crippen LogP contribution in [0.3, 0.4) is 0 Å². The summed E-state index contributed by atoms with van der Waals surface area (Å²) in [5.41, 5.74) is 2.29. The van der Waals surface area contributed by atoms with E-state index in [9.17, 15) is 23.1 Å². The van der Waals surface area contributed by atoms with Crippen LogP contribution < -0.4 is 15.4 Å². The molecular weight excluding hydrogens is 384 g/mol. The Morgan fingerprint density at radius 1 is 1.18 bits per heavy atom. The van der Waals surface area contributed by atoms with Gasteiger partial charge in [0.1, 0.15) is 0 Å². The molecule has 2 rings (SSSR count). The van der Waals surface area contributed by atoms with Crippen molar-refractivity contribution < 1.29 is 23.1 Å². The Bertz CT molecular complexity index is 882. The molecule has 0 aromatic heterocycles. The fraction of sp³-hybridized carbons (Fsp3) is 0.444. The fourth-order valence-corrected chi connectivity index (χ4v) is 3.82. The Hall–Kier alpha value is -2.59. The van der Waals surface area contributed by atoms with Crippen LogP contribution in [0.2, 0.25) is 0 Å². The van der Waals surface area contributed by atoms with Gasteiger partial charge < -0.3 is 20.6 Å². The first-order valence-electron chi connectivity index (χ1n) is 8.83. The molecule has 1 unspecified atom stereocenters. The van der Waals surface area contributed by atoms with Crippen LogP contribution in [0.15, 0.2) is 29.3 Å². The van der Waals surface area contributed by atoms with Crippen LogP contribution in [-0.2, 0) is 14.8 Å². The van der Waals surface area contributed by atoms with Crippen molar-refractivity contribution >= 4 is 27.6 Å². The van der Waals surface area contributed by atoms with Crippen molar-refractivity contribution in [2.75, 3.05) is 12.4 Å². The molecular formula is C18H26N4O5S. The highest BCUT2D eigenvalue weighted by atomic mass is 32.2. The van der Waals surface area contributed by atoms with Crippen LogP contribution in [0.1, 0.15) is 50.7 Å². The second-order valence-corrected chi connectivity index (χ2v) is 8.84. The highest BCUT2D eigenvalue weighted by molar-refractivity contribution is 7.94. The number of carbonyl (C=O) groups excluding carboxylic acids is 2. The number of para-hydroxylation sites is 1. The van der Waals surface area contributed by atoms with Crippen LogP contribution in [0.4, 0.5) is 10.5 Å². The van der Waals surface area contributed by atoms with Gasteiger partial charge in [-0.1, -0.05) is 45.9 Å². The number of aliphatic hydroxyl groups is 1. The minimum atomic E-state index is -4.44. The van der Waals surface area contributed by atoms with Crippen molar-refractivity contribution in [2.24, 2.45) is 0 Å². The third kappa shape index (κ3) is 4.63. The van der Waals surface area contributed by atoms with Crippen molar-refractivity contribution in [1.29, 1.82) is 0 Å². The molecule has 0 bridgehead atoms. The maximum absolute atomic E-state index is 12.5. The molecule has 1 aliphatic rings. The van der Waals surface area contributed by atoms with Crippen molar-refractivity contribution in [3.8, 4) is 0 Å². The normalized spacial score (nSPS) is 17.4. The smallest absolute Gasteiger partial charge is 0.333 e. The zero-order valence-corrected chi connectivity index (χ0v) is 17.3. The number of hydrogen-bond donors (Lipinski definition) is 4. The Balaban J connectivity index is 2.30. The lowest BCUT2D eigenvalue weighted by Crippen LogP contribution is -2.51. The largest absolute Gasteiger partial charge is 0.356 e. The number of hydrogen-bond acceptors (Lipinski definition) is 6. The summed E-state index contributed by atoms with van der Waals surface area (Å²) >= 11 is 0. The van der Waals surface area contributed by atoms with Gasteiger partial charge in [0.25, 0.3) is 15.9 Å². The zero-order valence-electron chi connectivity index (χ0n) is 16.5. The molecule has 9 nitrogen and oxygen atoms in total. The molecule has 0 saturated heterocycles. The summed E-state index contributed by atoms with van der Waals surface area (Å²) in [4.78, 5) is 24.8. The van der Waals surface area contributed by atoms with Gasteiger partial charge in [-0.05, 0) is 23.0 Å². The van der Waals surface area contributed by atoms with E-state index in [1.54, 1.807) is 0 Å². The highest BCUT2D eigenvalue weighted by Crippen LogP contribution is 2.32. The monoisotopic (exact) mass is 410 g/mol. The number of nitrogens with zero attached hydrogens (tertiary/aromatic N) is 1. The molecule has 154 valence electrons. The minimum Gasteiger partial charge on any atom is -0.356 e. The molecule has 1 aromatic rings. The number of sulfonamides is 1. The van der Waals surface area contributed by atoms with E-state index in [0.29, 0.717) is 5.69 Å².